The number of hydrogen-bond donors (Lipinski definition) is 1. The van der Waals surface area contributed by atoms with E-state index in [1.165, 1.54) is 20.3 Å². The highest BCUT2D eigenvalue weighted by molar-refractivity contribution is 5.93. The van der Waals surface area contributed by atoms with E-state index in [-0.39, 0.29) is 35.8 Å². The van der Waals surface area contributed by atoms with Crippen molar-refractivity contribution in [1.82, 2.24) is 24.7 Å². The first-order valence-corrected chi connectivity index (χ1v) is 10.9. The van der Waals surface area contributed by atoms with Crippen molar-refractivity contribution >= 4 is 16.7 Å². The SMILES string of the molecule is COc1cc(OC)c(F)c(-c2cc3cnc(-c4cn(C)nc4C)nc3c(N3CC(C)(O)C3)n2)c1F. The molecule has 4 aromatic rings. The lowest BCUT2D eigenvalue weighted by atomic mass is 9.96. The van der Waals surface area contributed by atoms with Crippen LogP contribution in [0.4, 0.5) is 14.6 Å². The second-order valence-corrected chi connectivity index (χ2v) is 8.90. The van der Waals surface area contributed by atoms with Crippen LogP contribution in [0.2, 0.25) is 0 Å². The molecule has 0 radical (unpaired) electrons. The maximum atomic E-state index is 15.3. The highest BCUT2D eigenvalue weighted by atomic mass is 19.1. The molecule has 1 N–H and O–H groups in total. The Bertz CT molecular complexity index is 1430. The van der Waals surface area contributed by atoms with Crippen LogP contribution >= 0.6 is 0 Å². The number of aliphatic hydroxyl groups is 1. The molecule has 4 heterocycles. The molecule has 1 aromatic carbocycles. The highest BCUT2D eigenvalue weighted by Crippen LogP contribution is 2.40. The molecule has 0 bridgehead atoms. The molecule has 0 unspecified atom stereocenters. The minimum atomic E-state index is -0.907. The zero-order chi connectivity index (χ0) is 25.1. The van der Waals surface area contributed by atoms with E-state index < -0.39 is 17.2 Å². The van der Waals surface area contributed by atoms with Crippen molar-refractivity contribution in [3.05, 3.63) is 41.9 Å². The zero-order valence-corrected chi connectivity index (χ0v) is 19.9. The molecule has 0 spiro atoms. The molecule has 0 saturated carbocycles. The van der Waals surface area contributed by atoms with E-state index >= 15 is 8.78 Å². The summed E-state index contributed by atoms with van der Waals surface area (Å²) >= 11 is 0. The van der Waals surface area contributed by atoms with Crippen LogP contribution in [0.3, 0.4) is 0 Å². The number of nitrogens with zero attached hydrogens (tertiary/aromatic N) is 6. The summed E-state index contributed by atoms with van der Waals surface area (Å²) in [5, 5.41) is 15.2. The number of halogens is 2. The summed E-state index contributed by atoms with van der Waals surface area (Å²) in [5.41, 5.74) is 0.749. The molecule has 3 aromatic heterocycles. The largest absolute Gasteiger partial charge is 0.494 e. The Morgan fingerprint density at radius 1 is 1.06 bits per heavy atom. The van der Waals surface area contributed by atoms with Crippen molar-refractivity contribution in [3.8, 4) is 34.1 Å². The second-order valence-electron chi connectivity index (χ2n) is 8.90. The van der Waals surface area contributed by atoms with Crippen LogP contribution in [0.1, 0.15) is 12.6 Å². The number of anilines is 1. The Kier molecular flexibility index (Phi) is 5.32. The minimum Gasteiger partial charge on any atom is -0.494 e. The van der Waals surface area contributed by atoms with E-state index in [0.29, 0.717) is 22.5 Å². The average molecular weight is 482 g/mol. The Labute approximate surface area is 200 Å². The van der Waals surface area contributed by atoms with Gasteiger partial charge in [-0.2, -0.15) is 5.10 Å². The first-order valence-electron chi connectivity index (χ1n) is 10.9. The van der Waals surface area contributed by atoms with Crippen molar-refractivity contribution < 1.29 is 23.4 Å². The van der Waals surface area contributed by atoms with Gasteiger partial charge >= 0.3 is 0 Å². The number of aryl methyl sites for hydroxylation is 2. The number of benzene rings is 1. The summed E-state index contributed by atoms with van der Waals surface area (Å²) in [4.78, 5) is 15.6. The van der Waals surface area contributed by atoms with E-state index in [1.807, 2.05) is 25.1 Å². The quantitative estimate of drug-likeness (QED) is 0.463. The van der Waals surface area contributed by atoms with Crippen molar-refractivity contribution in [3.63, 3.8) is 0 Å². The first-order chi connectivity index (χ1) is 16.6. The van der Waals surface area contributed by atoms with Gasteiger partial charge in [0.15, 0.2) is 34.8 Å². The fourth-order valence-electron chi connectivity index (χ4n) is 4.36. The average Bonchev–Trinajstić information content (AvgIpc) is 3.14. The van der Waals surface area contributed by atoms with Gasteiger partial charge in [0.25, 0.3) is 0 Å². The van der Waals surface area contributed by atoms with E-state index in [9.17, 15) is 5.11 Å². The lowest BCUT2D eigenvalue weighted by molar-refractivity contribution is 0.0307. The number of methoxy groups -OCH3 is 2. The standard InChI is InChI=1S/C24H24F2N6O3/c1-12-14(9-31(3)30-12)22-27-8-13-6-15(18-19(25)16(34-4)7-17(35-5)20(18)26)28-23(21(13)29-22)32-10-24(2,33)11-32/h6-9,33H,10-11H2,1-5H3. The Morgan fingerprint density at radius 2 is 1.71 bits per heavy atom. The molecule has 0 aliphatic carbocycles. The third-order valence-corrected chi connectivity index (χ3v) is 5.99. The van der Waals surface area contributed by atoms with Gasteiger partial charge in [0.2, 0.25) is 0 Å². The number of fused-ring (bicyclic) bond motifs is 1. The molecule has 5 rings (SSSR count). The summed E-state index contributed by atoms with van der Waals surface area (Å²) in [6.07, 6.45) is 3.41. The number of aromatic nitrogens is 5. The molecule has 9 nitrogen and oxygen atoms in total. The van der Waals surface area contributed by atoms with E-state index in [0.717, 1.165) is 17.3 Å². The van der Waals surface area contributed by atoms with E-state index in [2.05, 4.69) is 15.1 Å². The van der Waals surface area contributed by atoms with Gasteiger partial charge in [-0.3, -0.25) is 4.68 Å². The van der Waals surface area contributed by atoms with Gasteiger partial charge in [0.05, 0.1) is 42.3 Å². The molecule has 1 aliphatic heterocycles. The predicted octanol–water partition coefficient (Wildman–Crippen LogP) is 3.27. The van der Waals surface area contributed by atoms with Crippen molar-refractivity contribution in [2.24, 2.45) is 7.05 Å². The van der Waals surface area contributed by atoms with Gasteiger partial charge in [0.1, 0.15) is 5.52 Å². The predicted molar refractivity (Wildman–Crippen MR) is 126 cm³/mol. The first kappa shape index (κ1) is 22.9. The van der Waals surface area contributed by atoms with Gasteiger partial charge in [-0.05, 0) is 19.9 Å². The van der Waals surface area contributed by atoms with Gasteiger partial charge in [-0.15, -0.1) is 0 Å². The normalized spacial score (nSPS) is 14.8. The number of hydrogen-bond acceptors (Lipinski definition) is 8. The maximum Gasteiger partial charge on any atom is 0.177 e. The van der Waals surface area contributed by atoms with Gasteiger partial charge in [-0.1, -0.05) is 0 Å². The van der Waals surface area contributed by atoms with Crippen LogP contribution in [0, 0.1) is 18.6 Å². The number of rotatable bonds is 5. The monoisotopic (exact) mass is 482 g/mol. The van der Waals surface area contributed by atoms with Crippen LogP contribution in [0.5, 0.6) is 11.5 Å². The Morgan fingerprint density at radius 3 is 2.26 bits per heavy atom. The number of β-amino-alcohol motifs (C(OH)–C–C–N with tert-alkyl or cyclic N) is 1. The van der Waals surface area contributed by atoms with E-state index in [1.54, 1.807) is 17.8 Å². The molecule has 0 atom stereocenters. The van der Waals surface area contributed by atoms with E-state index in [4.69, 9.17) is 14.5 Å². The van der Waals surface area contributed by atoms with Crippen molar-refractivity contribution in [2.75, 3.05) is 32.2 Å². The smallest absolute Gasteiger partial charge is 0.177 e. The summed E-state index contributed by atoms with van der Waals surface area (Å²) in [6, 6.07) is 2.67. The molecule has 11 heteroatoms. The molecule has 1 aliphatic rings. The molecular weight excluding hydrogens is 458 g/mol. The zero-order valence-electron chi connectivity index (χ0n) is 19.9. The molecular formula is C24H24F2N6O3. The van der Waals surface area contributed by atoms with Gasteiger partial charge < -0.3 is 19.5 Å². The van der Waals surface area contributed by atoms with Crippen LogP contribution in [-0.4, -0.2) is 62.7 Å². The fourth-order valence-corrected chi connectivity index (χ4v) is 4.36. The Hall–Kier alpha value is -3.86. The maximum absolute atomic E-state index is 15.3. The lowest BCUT2D eigenvalue weighted by Crippen LogP contribution is -2.60. The second kappa shape index (κ2) is 8.12. The summed E-state index contributed by atoms with van der Waals surface area (Å²) in [7, 11) is 4.39. The Balaban J connectivity index is 1.75. The molecule has 1 fully saturated rings. The topological polar surface area (TPSA) is 98.4 Å². The third-order valence-electron chi connectivity index (χ3n) is 5.99. The van der Waals surface area contributed by atoms with Crippen LogP contribution < -0.4 is 14.4 Å². The number of ether oxygens (including phenoxy) is 2. The minimum absolute atomic E-state index is 0.0279. The summed E-state index contributed by atoms with van der Waals surface area (Å²) in [5.74, 6) is -1.31. The molecule has 35 heavy (non-hydrogen) atoms. The van der Waals surface area contributed by atoms with Crippen molar-refractivity contribution in [2.45, 2.75) is 19.4 Å². The lowest BCUT2D eigenvalue weighted by Gasteiger charge is -2.45. The molecule has 0 amide bonds. The summed E-state index contributed by atoms with van der Waals surface area (Å²) < 4.78 is 42.4. The van der Waals surface area contributed by atoms with Crippen LogP contribution in [0.25, 0.3) is 33.5 Å². The van der Waals surface area contributed by atoms with Crippen LogP contribution in [-0.2, 0) is 7.05 Å². The summed E-state index contributed by atoms with van der Waals surface area (Å²) in [6.45, 7) is 4.15. The number of pyridine rings is 1. The molecule has 182 valence electrons. The van der Waals surface area contributed by atoms with Gasteiger partial charge in [0, 0.05) is 44.0 Å². The van der Waals surface area contributed by atoms with Crippen molar-refractivity contribution in [1.29, 1.82) is 0 Å². The highest BCUT2D eigenvalue weighted by Gasteiger charge is 2.39. The fraction of sp³-hybridized carbons (Fsp3) is 0.333. The third kappa shape index (κ3) is 3.81. The van der Waals surface area contributed by atoms with Gasteiger partial charge in [-0.25, -0.2) is 23.7 Å². The van der Waals surface area contributed by atoms with Crippen LogP contribution in [0.15, 0.2) is 24.5 Å². The molecule has 1 saturated heterocycles.